The highest BCUT2D eigenvalue weighted by Crippen LogP contribution is 2.37. The molecule has 0 saturated heterocycles. The van der Waals surface area contributed by atoms with Gasteiger partial charge in [-0.25, -0.2) is 5.43 Å². The molecule has 3 rings (SSSR count). The molecule has 2 amide bonds. The van der Waals surface area contributed by atoms with Crippen LogP contribution in [0.25, 0.3) is 0 Å². The van der Waals surface area contributed by atoms with Gasteiger partial charge >= 0.3 is 11.8 Å². The molecule has 148 valence electrons. The lowest BCUT2D eigenvalue weighted by molar-refractivity contribution is -0.136. The number of ether oxygens (including phenoxy) is 1. The number of rotatable bonds is 6. The number of hydrogen-bond donors (Lipinski definition) is 2. The predicted molar refractivity (Wildman–Crippen MR) is 112 cm³/mol. The fourth-order valence-corrected chi connectivity index (χ4v) is 4.19. The summed E-state index contributed by atoms with van der Waals surface area (Å²) in [6.07, 6.45) is 6.91. The number of fused-ring (bicyclic) bond motifs is 1. The topological polar surface area (TPSA) is 104 Å². The average Bonchev–Trinajstić information content (AvgIpc) is 3.09. The van der Waals surface area contributed by atoms with Crippen LogP contribution in [0.2, 0.25) is 0 Å². The largest absolute Gasteiger partial charge is 0.490 e. The van der Waals surface area contributed by atoms with Crippen LogP contribution in [0.15, 0.2) is 42.0 Å². The first-order valence-corrected chi connectivity index (χ1v) is 9.96. The molecule has 8 heteroatoms. The van der Waals surface area contributed by atoms with E-state index in [4.69, 9.17) is 4.74 Å². The van der Waals surface area contributed by atoms with E-state index in [-0.39, 0.29) is 0 Å². The fraction of sp³-hybridized carbons (Fsp3) is 0.238. The highest BCUT2D eigenvalue weighted by atomic mass is 32.1. The van der Waals surface area contributed by atoms with E-state index < -0.39 is 11.8 Å². The van der Waals surface area contributed by atoms with Gasteiger partial charge in [0.1, 0.15) is 23.4 Å². The molecule has 0 unspecified atom stereocenters. The van der Waals surface area contributed by atoms with Crippen LogP contribution in [0.5, 0.6) is 5.75 Å². The van der Waals surface area contributed by atoms with E-state index in [9.17, 15) is 14.9 Å². The molecule has 0 saturated carbocycles. The minimum Gasteiger partial charge on any atom is -0.490 e. The average molecular weight is 408 g/mol. The summed E-state index contributed by atoms with van der Waals surface area (Å²) < 4.78 is 5.38. The third-order valence-corrected chi connectivity index (χ3v) is 5.55. The molecule has 1 aromatic carbocycles. The van der Waals surface area contributed by atoms with Crippen molar-refractivity contribution in [3.05, 3.63) is 58.5 Å². The van der Waals surface area contributed by atoms with Crippen LogP contribution in [0.1, 0.15) is 34.4 Å². The number of hydrogen-bond acceptors (Lipinski definition) is 6. The second kappa shape index (κ2) is 9.66. The molecule has 0 atom stereocenters. The lowest BCUT2D eigenvalue weighted by Gasteiger charge is -2.09. The second-order valence-electron chi connectivity index (χ2n) is 6.35. The number of nitriles is 1. The van der Waals surface area contributed by atoms with Crippen molar-refractivity contribution in [1.29, 1.82) is 5.26 Å². The molecular formula is C21H20N4O3S. The van der Waals surface area contributed by atoms with Crippen LogP contribution in [0.3, 0.4) is 0 Å². The van der Waals surface area contributed by atoms with Gasteiger partial charge in [0.2, 0.25) is 0 Å². The van der Waals surface area contributed by atoms with Crippen molar-refractivity contribution in [1.82, 2.24) is 5.43 Å². The van der Waals surface area contributed by atoms with Crippen LogP contribution in [0, 0.1) is 11.3 Å². The predicted octanol–water partition coefficient (Wildman–Crippen LogP) is 3.15. The lowest BCUT2D eigenvalue weighted by Crippen LogP contribution is -2.32. The summed E-state index contributed by atoms with van der Waals surface area (Å²) in [7, 11) is 0. The highest BCUT2D eigenvalue weighted by molar-refractivity contribution is 7.16. The van der Waals surface area contributed by atoms with Crippen molar-refractivity contribution >= 4 is 34.4 Å². The van der Waals surface area contributed by atoms with E-state index in [2.05, 4.69) is 28.5 Å². The number of thiophene rings is 1. The number of carbonyl (C=O) groups excluding carboxylic acids is 2. The number of nitrogens with zero attached hydrogens (tertiary/aromatic N) is 2. The molecule has 1 aromatic heterocycles. The summed E-state index contributed by atoms with van der Waals surface area (Å²) in [5.41, 5.74) is 4.39. The Balaban J connectivity index is 1.56. The summed E-state index contributed by atoms with van der Waals surface area (Å²) in [5, 5.41) is 16.2. The number of amides is 2. The zero-order chi connectivity index (χ0) is 20.6. The summed E-state index contributed by atoms with van der Waals surface area (Å²) >= 11 is 1.37. The Bertz CT molecular complexity index is 987. The van der Waals surface area contributed by atoms with Crippen LogP contribution >= 0.6 is 11.3 Å². The number of aryl methyl sites for hydroxylation is 1. The number of nitrogens with one attached hydrogen (secondary N) is 2. The SMILES string of the molecule is C=CCOc1ccc(C=NNC(=O)C(=O)Nc2sc3c(c2C#N)CCCC3)cc1. The Morgan fingerprint density at radius 3 is 2.72 bits per heavy atom. The van der Waals surface area contributed by atoms with Crippen molar-refractivity contribution in [2.75, 3.05) is 11.9 Å². The number of benzene rings is 1. The smallest absolute Gasteiger partial charge is 0.329 e. The van der Waals surface area contributed by atoms with E-state index in [0.29, 0.717) is 22.9 Å². The Morgan fingerprint density at radius 1 is 1.24 bits per heavy atom. The van der Waals surface area contributed by atoms with E-state index in [1.807, 2.05) is 0 Å². The van der Waals surface area contributed by atoms with Crippen molar-refractivity contribution < 1.29 is 14.3 Å². The maximum Gasteiger partial charge on any atom is 0.329 e. The molecule has 0 bridgehead atoms. The number of hydrazone groups is 1. The summed E-state index contributed by atoms with van der Waals surface area (Å²) in [6.45, 7) is 4.00. The molecule has 1 aliphatic rings. The molecule has 0 spiro atoms. The van der Waals surface area contributed by atoms with Crippen LogP contribution < -0.4 is 15.5 Å². The van der Waals surface area contributed by atoms with E-state index in [0.717, 1.165) is 41.7 Å². The summed E-state index contributed by atoms with van der Waals surface area (Å²) in [5.74, 6) is -1.06. The molecule has 0 aliphatic heterocycles. The minimum absolute atomic E-state index is 0.416. The summed E-state index contributed by atoms with van der Waals surface area (Å²) in [6, 6.07) is 9.21. The van der Waals surface area contributed by atoms with E-state index >= 15 is 0 Å². The lowest BCUT2D eigenvalue weighted by atomic mass is 9.96. The molecule has 29 heavy (non-hydrogen) atoms. The van der Waals surface area contributed by atoms with Crippen molar-refractivity contribution in [3.8, 4) is 11.8 Å². The first-order chi connectivity index (χ1) is 14.1. The maximum absolute atomic E-state index is 12.2. The van der Waals surface area contributed by atoms with Gasteiger partial charge < -0.3 is 10.1 Å². The van der Waals surface area contributed by atoms with Gasteiger partial charge in [-0.2, -0.15) is 10.4 Å². The second-order valence-corrected chi connectivity index (χ2v) is 7.45. The molecule has 1 heterocycles. The summed E-state index contributed by atoms with van der Waals surface area (Å²) in [4.78, 5) is 25.3. The number of carbonyl (C=O) groups is 2. The quantitative estimate of drug-likeness (QED) is 0.332. The number of anilines is 1. The maximum atomic E-state index is 12.2. The Morgan fingerprint density at radius 2 is 2.00 bits per heavy atom. The van der Waals surface area contributed by atoms with Gasteiger partial charge in [-0.05, 0) is 61.1 Å². The highest BCUT2D eigenvalue weighted by Gasteiger charge is 2.23. The van der Waals surface area contributed by atoms with Gasteiger partial charge in [-0.1, -0.05) is 12.7 Å². The first kappa shape index (κ1) is 20.3. The molecule has 0 fully saturated rings. The first-order valence-electron chi connectivity index (χ1n) is 9.15. The molecular weight excluding hydrogens is 388 g/mol. The van der Waals surface area contributed by atoms with E-state index in [1.54, 1.807) is 30.3 Å². The molecule has 1 aliphatic carbocycles. The van der Waals surface area contributed by atoms with Gasteiger partial charge in [-0.15, -0.1) is 11.3 Å². The van der Waals surface area contributed by atoms with Crippen molar-refractivity contribution in [2.45, 2.75) is 25.7 Å². The minimum atomic E-state index is -0.901. The molecule has 7 nitrogen and oxygen atoms in total. The third kappa shape index (κ3) is 5.09. The molecule has 2 N–H and O–H groups in total. The van der Waals surface area contributed by atoms with Gasteiger partial charge in [0.15, 0.2) is 0 Å². The fourth-order valence-electron chi connectivity index (χ4n) is 2.95. The van der Waals surface area contributed by atoms with Crippen LogP contribution in [0.4, 0.5) is 5.00 Å². The Hall–Kier alpha value is -3.44. The van der Waals surface area contributed by atoms with Gasteiger partial charge in [0.05, 0.1) is 11.8 Å². The van der Waals surface area contributed by atoms with Crippen LogP contribution in [-0.2, 0) is 22.4 Å². The standard InChI is InChI=1S/C21H20N4O3S/c1-2-11-28-15-9-7-14(8-10-15)13-23-25-20(27)19(26)24-21-17(12-22)16-5-3-4-6-18(16)29-21/h2,7-10,13H,1,3-6,11H2,(H,24,26)(H,25,27). The zero-order valence-electron chi connectivity index (χ0n) is 15.7. The van der Waals surface area contributed by atoms with Gasteiger partial charge in [0, 0.05) is 4.88 Å². The Kier molecular flexibility index (Phi) is 6.76. The monoisotopic (exact) mass is 408 g/mol. The van der Waals surface area contributed by atoms with Crippen molar-refractivity contribution in [2.24, 2.45) is 5.10 Å². The van der Waals surface area contributed by atoms with Gasteiger partial charge in [0.25, 0.3) is 0 Å². The molecule has 0 radical (unpaired) electrons. The van der Waals surface area contributed by atoms with Crippen molar-refractivity contribution in [3.63, 3.8) is 0 Å². The van der Waals surface area contributed by atoms with Gasteiger partial charge in [-0.3, -0.25) is 9.59 Å². The third-order valence-electron chi connectivity index (χ3n) is 4.34. The zero-order valence-corrected chi connectivity index (χ0v) is 16.6. The Labute approximate surface area is 172 Å². The normalized spacial score (nSPS) is 12.7. The molecule has 2 aromatic rings. The van der Waals surface area contributed by atoms with E-state index in [1.165, 1.54) is 17.6 Å². The van der Waals surface area contributed by atoms with Crippen LogP contribution in [-0.4, -0.2) is 24.6 Å².